The lowest BCUT2D eigenvalue weighted by atomic mass is 9.94. The normalized spacial score (nSPS) is 19.9. The number of rotatable bonds is 4. The maximum absolute atomic E-state index is 12.7. The molecular formula is C13H17FO. The molecule has 0 heterocycles. The highest BCUT2D eigenvalue weighted by Gasteiger charge is 2.39. The summed E-state index contributed by atoms with van der Waals surface area (Å²) in [7, 11) is 0. The zero-order chi connectivity index (χ0) is 10.9. The smallest absolute Gasteiger partial charge is 0.123 e. The van der Waals surface area contributed by atoms with Crippen molar-refractivity contribution in [2.75, 3.05) is 0 Å². The first-order valence-corrected chi connectivity index (χ1v) is 5.57. The van der Waals surface area contributed by atoms with Crippen molar-refractivity contribution in [2.24, 2.45) is 0 Å². The average Bonchev–Trinajstić information content (AvgIpc) is 2.95. The number of benzene rings is 1. The van der Waals surface area contributed by atoms with E-state index in [0.29, 0.717) is 5.92 Å². The van der Waals surface area contributed by atoms with Crippen LogP contribution in [0.25, 0.3) is 0 Å². The Morgan fingerprint density at radius 3 is 2.47 bits per heavy atom. The molecule has 0 amide bonds. The van der Waals surface area contributed by atoms with Crippen LogP contribution in [-0.4, -0.2) is 10.7 Å². The summed E-state index contributed by atoms with van der Waals surface area (Å²) in [6.07, 6.45) is 3.74. The Labute approximate surface area is 89.9 Å². The Kier molecular flexibility index (Phi) is 2.79. The van der Waals surface area contributed by atoms with Crippen molar-refractivity contribution < 1.29 is 9.50 Å². The van der Waals surface area contributed by atoms with Gasteiger partial charge in [-0.3, -0.25) is 0 Å². The van der Waals surface area contributed by atoms with Gasteiger partial charge in [0.05, 0.1) is 5.60 Å². The van der Waals surface area contributed by atoms with Crippen LogP contribution < -0.4 is 0 Å². The maximum atomic E-state index is 12.7. The minimum Gasteiger partial charge on any atom is -0.390 e. The van der Waals surface area contributed by atoms with Crippen LogP contribution in [0.2, 0.25) is 0 Å². The maximum Gasteiger partial charge on any atom is 0.123 e. The van der Waals surface area contributed by atoms with Crippen LogP contribution in [0.5, 0.6) is 0 Å². The summed E-state index contributed by atoms with van der Waals surface area (Å²) in [5.74, 6) is 0.210. The fourth-order valence-electron chi connectivity index (χ4n) is 1.84. The van der Waals surface area contributed by atoms with Gasteiger partial charge in [-0.25, -0.2) is 4.39 Å². The molecule has 1 fully saturated rings. The van der Waals surface area contributed by atoms with Gasteiger partial charge in [0.15, 0.2) is 0 Å². The van der Waals surface area contributed by atoms with Crippen molar-refractivity contribution in [1.82, 2.24) is 0 Å². The fraction of sp³-hybridized carbons (Fsp3) is 0.538. The molecule has 1 saturated carbocycles. The number of hydrogen-bond acceptors (Lipinski definition) is 1. The van der Waals surface area contributed by atoms with Crippen LogP contribution >= 0.6 is 0 Å². The van der Waals surface area contributed by atoms with E-state index in [1.165, 1.54) is 12.1 Å². The van der Waals surface area contributed by atoms with E-state index in [0.717, 1.165) is 31.2 Å². The van der Waals surface area contributed by atoms with Crippen molar-refractivity contribution in [3.8, 4) is 0 Å². The van der Waals surface area contributed by atoms with Crippen LogP contribution in [0.4, 0.5) is 4.39 Å². The molecule has 0 bridgehead atoms. The molecule has 0 spiro atoms. The number of aliphatic hydroxyl groups is 1. The topological polar surface area (TPSA) is 20.2 Å². The molecule has 1 nitrogen and oxygen atoms in total. The largest absolute Gasteiger partial charge is 0.390 e. The zero-order valence-electron chi connectivity index (χ0n) is 9.04. The predicted molar refractivity (Wildman–Crippen MR) is 58.2 cm³/mol. The summed E-state index contributed by atoms with van der Waals surface area (Å²) in [6.45, 7) is 2.12. The fourth-order valence-corrected chi connectivity index (χ4v) is 1.84. The van der Waals surface area contributed by atoms with Gasteiger partial charge in [0.2, 0.25) is 0 Å². The standard InChI is InChI=1S/C13H17FO/c1-10(6-7-13(15)8-9-13)11-2-4-12(14)5-3-11/h2-5,10,15H,6-9H2,1H3. The van der Waals surface area contributed by atoms with Gasteiger partial charge in [0, 0.05) is 0 Å². The van der Waals surface area contributed by atoms with Crippen LogP contribution in [0.3, 0.4) is 0 Å². The number of halogens is 1. The molecule has 1 unspecified atom stereocenters. The van der Waals surface area contributed by atoms with Gasteiger partial charge in [-0.15, -0.1) is 0 Å². The molecule has 1 N–H and O–H groups in total. The number of hydrogen-bond donors (Lipinski definition) is 1. The second kappa shape index (κ2) is 3.93. The third-order valence-corrected chi connectivity index (χ3v) is 3.31. The SMILES string of the molecule is CC(CCC1(O)CC1)c1ccc(F)cc1. The van der Waals surface area contributed by atoms with Gasteiger partial charge in [-0.2, -0.15) is 0 Å². The van der Waals surface area contributed by atoms with Gasteiger partial charge >= 0.3 is 0 Å². The van der Waals surface area contributed by atoms with E-state index in [4.69, 9.17) is 0 Å². The molecule has 82 valence electrons. The van der Waals surface area contributed by atoms with Crippen LogP contribution in [0, 0.1) is 5.82 Å². The molecule has 2 rings (SSSR count). The second-order valence-corrected chi connectivity index (χ2v) is 4.72. The molecule has 1 aromatic rings. The van der Waals surface area contributed by atoms with Crippen molar-refractivity contribution in [3.05, 3.63) is 35.6 Å². The summed E-state index contributed by atoms with van der Waals surface area (Å²) < 4.78 is 12.7. The van der Waals surface area contributed by atoms with Gasteiger partial charge in [0.1, 0.15) is 5.82 Å². The third kappa shape index (κ3) is 2.78. The second-order valence-electron chi connectivity index (χ2n) is 4.72. The molecule has 1 atom stereocenters. The molecular weight excluding hydrogens is 191 g/mol. The Hall–Kier alpha value is -0.890. The summed E-state index contributed by atoms with van der Waals surface area (Å²) in [4.78, 5) is 0. The van der Waals surface area contributed by atoms with Gasteiger partial charge in [-0.1, -0.05) is 19.1 Å². The molecule has 0 aromatic heterocycles. The lowest BCUT2D eigenvalue weighted by molar-refractivity contribution is 0.135. The first-order valence-electron chi connectivity index (χ1n) is 5.57. The molecule has 1 aromatic carbocycles. The lowest BCUT2D eigenvalue weighted by Crippen LogP contribution is -2.08. The highest BCUT2D eigenvalue weighted by Crippen LogP contribution is 2.41. The molecule has 15 heavy (non-hydrogen) atoms. The van der Waals surface area contributed by atoms with E-state index in [-0.39, 0.29) is 11.4 Å². The average molecular weight is 208 g/mol. The van der Waals surface area contributed by atoms with Crippen molar-refractivity contribution in [3.63, 3.8) is 0 Å². The van der Waals surface area contributed by atoms with Crippen molar-refractivity contribution in [2.45, 2.75) is 44.1 Å². The molecule has 2 heteroatoms. The van der Waals surface area contributed by atoms with E-state index in [2.05, 4.69) is 6.92 Å². The first-order chi connectivity index (χ1) is 7.09. The van der Waals surface area contributed by atoms with Gasteiger partial charge in [-0.05, 0) is 49.3 Å². The highest BCUT2D eigenvalue weighted by molar-refractivity contribution is 5.19. The van der Waals surface area contributed by atoms with E-state index < -0.39 is 0 Å². The minimum absolute atomic E-state index is 0.188. The van der Waals surface area contributed by atoms with Crippen molar-refractivity contribution >= 4 is 0 Å². The molecule has 1 aliphatic carbocycles. The van der Waals surface area contributed by atoms with Crippen LogP contribution in [-0.2, 0) is 0 Å². The van der Waals surface area contributed by atoms with Gasteiger partial charge in [0.25, 0.3) is 0 Å². The Morgan fingerprint density at radius 1 is 1.33 bits per heavy atom. The van der Waals surface area contributed by atoms with Crippen LogP contribution in [0.15, 0.2) is 24.3 Å². The lowest BCUT2D eigenvalue weighted by Gasteiger charge is -2.14. The van der Waals surface area contributed by atoms with Gasteiger partial charge < -0.3 is 5.11 Å². The molecule has 0 saturated heterocycles. The summed E-state index contributed by atoms with van der Waals surface area (Å²) in [5, 5.41) is 9.71. The summed E-state index contributed by atoms with van der Waals surface area (Å²) in [5.41, 5.74) is 0.787. The molecule has 0 radical (unpaired) electrons. The third-order valence-electron chi connectivity index (χ3n) is 3.31. The Morgan fingerprint density at radius 2 is 1.93 bits per heavy atom. The van der Waals surface area contributed by atoms with Crippen LogP contribution in [0.1, 0.15) is 44.1 Å². The zero-order valence-corrected chi connectivity index (χ0v) is 9.04. The Balaban J connectivity index is 1.89. The molecule has 1 aliphatic rings. The quantitative estimate of drug-likeness (QED) is 0.805. The Bertz CT molecular complexity index is 327. The predicted octanol–water partition coefficient (Wildman–Crippen LogP) is 3.23. The summed E-state index contributed by atoms with van der Waals surface area (Å²) >= 11 is 0. The van der Waals surface area contributed by atoms with E-state index in [1.54, 1.807) is 0 Å². The highest BCUT2D eigenvalue weighted by atomic mass is 19.1. The minimum atomic E-state index is -0.367. The van der Waals surface area contributed by atoms with E-state index in [1.807, 2.05) is 12.1 Å². The summed E-state index contributed by atoms with van der Waals surface area (Å²) in [6, 6.07) is 6.66. The monoisotopic (exact) mass is 208 g/mol. The van der Waals surface area contributed by atoms with Crippen molar-refractivity contribution in [1.29, 1.82) is 0 Å². The van der Waals surface area contributed by atoms with E-state index >= 15 is 0 Å². The molecule has 0 aliphatic heterocycles. The van der Waals surface area contributed by atoms with E-state index in [9.17, 15) is 9.50 Å². The first kappa shape index (κ1) is 10.6.